The molecule has 2 aromatic carbocycles. The topological polar surface area (TPSA) is 70.0 Å². The number of benzene rings is 2. The summed E-state index contributed by atoms with van der Waals surface area (Å²) in [7, 11) is 0. The van der Waals surface area contributed by atoms with Crippen molar-refractivity contribution in [1.82, 2.24) is 0 Å². The number of fused-ring (bicyclic) bond motifs is 2. The second-order valence-corrected chi connectivity index (χ2v) is 6.10. The van der Waals surface area contributed by atoms with E-state index in [1.807, 2.05) is 0 Å². The first-order valence-corrected chi connectivity index (χ1v) is 7.56. The quantitative estimate of drug-likeness (QED) is 0.764. The normalized spacial score (nSPS) is 22.5. The summed E-state index contributed by atoms with van der Waals surface area (Å²) in [6, 6.07) is 10.0. The number of hydrogen-bond acceptors (Lipinski definition) is 4. The number of ether oxygens (including phenoxy) is 1. The molecule has 2 aliphatic rings. The Kier molecular flexibility index (Phi) is 2.76. The van der Waals surface area contributed by atoms with Crippen LogP contribution in [0.1, 0.15) is 16.7 Å². The number of hydrogen-bond donors (Lipinski definition) is 2. The van der Waals surface area contributed by atoms with Crippen LogP contribution in [0.5, 0.6) is 11.5 Å². The molecule has 2 N–H and O–H groups in total. The molecule has 6 heteroatoms. The highest BCUT2D eigenvalue weighted by Gasteiger charge is 2.52. The molecule has 0 aliphatic carbocycles. The second kappa shape index (κ2) is 4.47. The molecule has 0 saturated heterocycles. The van der Waals surface area contributed by atoms with E-state index in [4.69, 9.17) is 4.74 Å². The van der Waals surface area contributed by atoms with Gasteiger partial charge in [0.15, 0.2) is 0 Å². The third-order valence-corrected chi connectivity index (χ3v) is 4.89. The zero-order chi connectivity index (χ0) is 15.5. The van der Waals surface area contributed by atoms with E-state index in [1.54, 1.807) is 30.3 Å². The van der Waals surface area contributed by atoms with Crippen molar-refractivity contribution in [3.05, 3.63) is 53.1 Å². The molecule has 1 unspecified atom stereocenters. The van der Waals surface area contributed by atoms with Crippen molar-refractivity contribution < 1.29 is 19.7 Å². The molecule has 0 bridgehead atoms. The largest absolute Gasteiger partial charge is 0.507 e. The number of aliphatic hydroxyl groups is 1. The fourth-order valence-corrected chi connectivity index (χ4v) is 3.65. The van der Waals surface area contributed by atoms with Gasteiger partial charge < -0.3 is 14.9 Å². The van der Waals surface area contributed by atoms with Crippen LogP contribution in [0.25, 0.3) is 0 Å². The third-order valence-electron chi connectivity index (χ3n) is 4.19. The standard InChI is InChI=1S/C16H12BrNO4/c17-18-12-4-2-1-3-10(12)16(21,15(18)20)11-7-9-5-6-22-14(9)8-13(11)19/h1-4,7-8,19,21H,5-6H2. The molecule has 1 amide bonds. The molecule has 0 aromatic heterocycles. The maximum atomic E-state index is 12.6. The van der Waals surface area contributed by atoms with Gasteiger partial charge in [-0.1, -0.05) is 18.2 Å². The van der Waals surface area contributed by atoms with Gasteiger partial charge in [-0.2, -0.15) is 0 Å². The summed E-state index contributed by atoms with van der Waals surface area (Å²) in [5.74, 6) is -0.115. The number of carbonyl (C=O) groups excluding carboxylic acids is 1. The number of rotatable bonds is 1. The summed E-state index contributed by atoms with van der Waals surface area (Å²) in [4.78, 5) is 12.6. The molecule has 112 valence electrons. The molecule has 2 heterocycles. The number of para-hydroxylation sites is 1. The number of anilines is 1. The minimum Gasteiger partial charge on any atom is -0.507 e. The van der Waals surface area contributed by atoms with Crippen molar-refractivity contribution in [3.8, 4) is 11.5 Å². The molecule has 0 spiro atoms. The van der Waals surface area contributed by atoms with Gasteiger partial charge in [-0.05, 0) is 17.7 Å². The second-order valence-electron chi connectivity index (χ2n) is 5.39. The zero-order valence-corrected chi connectivity index (χ0v) is 13.0. The van der Waals surface area contributed by atoms with Crippen LogP contribution in [0, 0.1) is 0 Å². The Morgan fingerprint density at radius 3 is 2.82 bits per heavy atom. The van der Waals surface area contributed by atoms with Gasteiger partial charge in [0.05, 0.1) is 28.4 Å². The number of nitrogens with zero attached hydrogens (tertiary/aromatic N) is 1. The molecule has 0 saturated carbocycles. The van der Waals surface area contributed by atoms with Gasteiger partial charge >= 0.3 is 0 Å². The molecule has 2 aromatic rings. The van der Waals surface area contributed by atoms with Crippen molar-refractivity contribution >= 4 is 27.7 Å². The monoisotopic (exact) mass is 361 g/mol. The Hall–Kier alpha value is -2.05. The first kappa shape index (κ1) is 13.6. The van der Waals surface area contributed by atoms with Crippen LogP contribution in [0.15, 0.2) is 36.4 Å². The summed E-state index contributed by atoms with van der Waals surface area (Å²) < 4.78 is 6.63. The predicted octanol–water partition coefficient (Wildman–Crippen LogP) is 2.22. The predicted molar refractivity (Wildman–Crippen MR) is 83.2 cm³/mol. The van der Waals surface area contributed by atoms with E-state index < -0.39 is 11.5 Å². The molecular formula is C16H12BrNO4. The van der Waals surface area contributed by atoms with E-state index in [0.717, 1.165) is 5.56 Å². The van der Waals surface area contributed by atoms with Crippen LogP contribution < -0.4 is 8.66 Å². The number of carbonyl (C=O) groups is 1. The van der Waals surface area contributed by atoms with Crippen molar-refractivity contribution in [2.75, 3.05) is 10.5 Å². The van der Waals surface area contributed by atoms with Gasteiger partial charge in [0.2, 0.25) is 5.60 Å². The smallest absolute Gasteiger partial charge is 0.278 e. The first-order valence-electron chi connectivity index (χ1n) is 6.85. The molecule has 1 atom stereocenters. The van der Waals surface area contributed by atoms with E-state index >= 15 is 0 Å². The number of aromatic hydroxyl groups is 1. The SMILES string of the molecule is O=C1N(Br)c2ccccc2C1(O)c1cc2c(cc1O)OCC2. The zero-order valence-electron chi connectivity index (χ0n) is 11.4. The van der Waals surface area contributed by atoms with Crippen LogP contribution >= 0.6 is 16.1 Å². The Labute approximate surface area is 135 Å². The fraction of sp³-hybridized carbons (Fsp3) is 0.188. The summed E-state index contributed by atoms with van der Waals surface area (Å²) in [5.41, 5.74) is 0.134. The van der Waals surface area contributed by atoms with Gasteiger partial charge in [0, 0.05) is 23.6 Å². The highest BCUT2D eigenvalue weighted by molar-refractivity contribution is 9.10. The Morgan fingerprint density at radius 2 is 2.00 bits per heavy atom. The Bertz CT molecular complexity index is 807. The lowest BCUT2D eigenvalue weighted by Crippen LogP contribution is -2.37. The minimum absolute atomic E-state index is 0.158. The lowest BCUT2D eigenvalue weighted by Gasteiger charge is -2.23. The van der Waals surface area contributed by atoms with Crippen LogP contribution in [0.2, 0.25) is 0 Å². The average Bonchev–Trinajstić information content (AvgIpc) is 3.05. The Balaban J connectivity index is 1.98. The molecule has 0 radical (unpaired) electrons. The van der Waals surface area contributed by atoms with Crippen LogP contribution in [0.3, 0.4) is 0 Å². The molecule has 4 rings (SSSR count). The van der Waals surface area contributed by atoms with Crippen LogP contribution in [-0.2, 0) is 16.8 Å². The lowest BCUT2D eigenvalue weighted by atomic mass is 9.85. The number of amides is 1. The summed E-state index contributed by atoms with van der Waals surface area (Å²) in [5, 5.41) is 21.4. The molecule has 2 aliphatic heterocycles. The van der Waals surface area contributed by atoms with Gasteiger partial charge in [0.25, 0.3) is 5.91 Å². The minimum atomic E-state index is -1.91. The van der Waals surface area contributed by atoms with E-state index in [1.165, 1.54) is 9.99 Å². The van der Waals surface area contributed by atoms with E-state index in [9.17, 15) is 15.0 Å². The van der Waals surface area contributed by atoms with Gasteiger partial charge in [-0.25, -0.2) is 3.93 Å². The van der Waals surface area contributed by atoms with E-state index in [0.29, 0.717) is 30.0 Å². The maximum absolute atomic E-state index is 12.6. The number of phenolic OH excluding ortho intramolecular Hbond substituents is 1. The molecular weight excluding hydrogens is 350 g/mol. The van der Waals surface area contributed by atoms with E-state index in [2.05, 4.69) is 16.1 Å². The molecule has 0 fully saturated rings. The van der Waals surface area contributed by atoms with Crippen LogP contribution in [0.4, 0.5) is 5.69 Å². The highest BCUT2D eigenvalue weighted by atomic mass is 79.9. The van der Waals surface area contributed by atoms with Gasteiger partial charge in [0.1, 0.15) is 11.5 Å². The average molecular weight is 362 g/mol. The van der Waals surface area contributed by atoms with Crippen molar-refractivity contribution in [3.63, 3.8) is 0 Å². The molecule has 22 heavy (non-hydrogen) atoms. The van der Waals surface area contributed by atoms with Gasteiger partial charge in [-0.15, -0.1) is 0 Å². The fourth-order valence-electron chi connectivity index (χ4n) is 3.08. The van der Waals surface area contributed by atoms with Crippen molar-refractivity contribution in [2.24, 2.45) is 0 Å². The lowest BCUT2D eigenvalue weighted by molar-refractivity contribution is -0.130. The maximum Gasteiger partial charge on any atom is 0.278 e. The summed E-state index contributed by atoms with van der Waals surface area (Å²) in [6.07, 6.45) is 0.687. The van der Waals surface area contributed by atoms with Crippen LogP contribution in [-0.4, -0.2) is 22.7 Å². The summed E-state index contributed by atoms with van der Waals surface area (Å²) in [6.45, 7) is 0.533. The number of phenols is 1. The molecule has 5 nitrogen and oxygen atoms in total. The van der Waals surface area contributed by atoms with Crippen molar-refractivity contribution in [2.45, 2.75) is 12.0 Å². The Morgan fingerprint density at radius 1 is 1.23 bits per heavy atom. The number of halogens is 1. The summed E-state index contributed by atoms with van der Waals surface area (Å²) >= 11 is 3.18. The highest BCUT2D eigenvalue weighted by Crippen LogP contribution is 2.49. The van der Waals surface area contributed by atoms with Gasteiger partial charge in [-0.3, -0.25) is 4.79 Å². The third kappa shape index (κ3) is 1.59. The first-order chi connectivity index (χ1) is 10.5. The van der Waals surface area contributed by atoms with E-state index in [-0.39, 0.29) is 11.3 Å². The van der Waals surface area contributed by atoms with Crippen molar-refractivity contribution in [1.29, 1.82) is 0 Å².